The molecule has 0 saturated carbocycles. The Labute approximate surface area is 154 Å². The smallest absolute Gasteiger partial charge is 0.338 e. The molecule has 1 amide bonds. The van der Waals surface area contributed by atoms with E-state index >= 15 is 0 Å². The Morgan fingerprint density at radius 1 is 1.12 bits per heavy atom. The molecule has 0 atom stereocenters. The molecule has 10 heteroatoms. The molecule has 1 aromatic carbocycles. The Hall–Kier alpha value is -2.36. The maximum absolute atomic E-state index is 12.6. The van der Waals surface area contributed by atoms with E-state index in [2.05, 4.69) is 0 Å². The van der Waals surface area contributed by atoms with Crippen LogP contribution in [-0.2, 0) is 10.0 Å². The average molecular weight is 399 g/mol. The fraction of sp³-hybridized carbons (Fsp3) is 0.250. The first-order chi connectivity index (χ1) is 12.3. The summed E-state index contributed by atoms with van der Waals surface area (Å²) >= 11 is 5.86. The summed E-state index contributed by atoms with van der Waals surface area (Å²) in [5.41, 5.74) is -0.115. The number of amides is 1. The number of hydrogen-bond acceptors (Lipinski definition) is 5. The monoisotopic (exact) mass is 398 g/mol. The minimum Gasteiger partial charge on any atom is -0.478 e. The van der Waals surface area contributed by atoms with E-state index in [-0.39, 0.29) is 42.4 Å². The van der Waals surface area contributed by atoms with Crippen molar-refractivity contribution in [3.05, 3.63) is 52.9 Å². The van der Waals surface area contributed by atoms with Gasteiger partial charge in [-0.1, -0.05) is 17.7 Å². The zero-order valence-corrected chi connectivity index (χ0v) is 15.0. The Kier molecular flexibility index (Phi) is 5.03. The molecule has 2 aromatic rings. The lowest BCUT2D eigenvalue weighted by Gasteiger charge is -2.33. The van der Waals surface area contributed by atoms with Gasteiger partial charge in [0.2, 0.25) is 10.0 Å². The van der Waals surface area contributed by atoms with Gasteiger partial charge in [0.15, 0.2) is 5.76 Å². The Morgan fingerprint density at radius 2 is 1.81 bits per heavy atom. The van der Waals surface area contributed by atoms with Crippen molar-refractivity contribution in [1.29, 1.82) is 0 Å². The molecule has 0 aliphatic carbocycles. The number of sulfonamides is 1. The summed E-state index contributed by atoms with van der Waals surface area (Å²) < 4.78 is 31.6. The number of furan rings is 1. The van der Waals surface area contributed by atoms with Gasteiger partial charge in [0, 0.05) is 37.3 Å². The van der Waals surface area contributed by atoms with E-state index in [0.29, 0.717) is 5.02 Å². The molecule has 3 rings (SSSR count). The Morgan fingerprint density at radius 3 is 2.38 bits per heavy atom. The number of carboxylic acid groups (broad SMARTS) is 1. The fourth-order valence-electron chi connectivity index (χ4n) is 2.62. The molecule has 0 unspecified atom stereocenters. The number of halogens is 1. The SMILES string of the molecule is O=C(O)c1coc(C(=O)N2CCN(S(=O)(=O)c3cccc(Cl)c3)CC2)c1. The van der Waals surface area contributed by atoms with Crippen molar-refractivity contribution in [1.82, 2.24) is 9.21 Å². The summed E-state index contributed by atoms with van der Waals surface area (Å²) in [5, 5.41) is 9.20. The van der Waals surface area contributed by atoms with Gasteiger partial charge in [0.05, 0.1) is 10.5 Å². The maximum Gasteiger partial charge on any atom is 0.338 e. The summed E-state index contributed by atoms with van der Waals surface area (Å²) in [5.74, 6) is -1.75. The molecule has 1 aliphatic rings. The molecule has 1 N–H and O–H groups in total. The number of piperazine rings is 1. The quantitative estimate of drug-likeness (QED) is 0.840. The number of rotatable bonds is 4. The number of hydrogen-bond donors (Lipinski definition) is 1. The molecule has 138 valence electrons. The van der Waals surface area contributed by atoms with Crippen molar-refractivity contribution in [2.45, 2.75) is 4.90 Å². The zero-order valence-electron chi connectivity index (χ0n) is 13.5. The fourth-order valence-corrected chi connectivity index (χ4v) is 4.35. The number of carboxylic acids is 1. The number of carbonyl (C=O) groups is 2. The van der Waals surface area contributed by atoms with E-state index < -0.39 is 21.9 Å². The van der Waals surface area contributed by atoms with Crippen molar-refractivity contribution in [3.8, 4) is 0 Å². The van der Waals surface area contributed by atoms with Crippen molar-refractivity contribution < 1.29 is 27.5 Å². The highest BCUT2D eigenvalue weighted by Gasteiger charge is 2.31. The number of aromatic carboxylic acids is 1. The largest absolute Gasteiger partial charge is 0.478 e. The first-order valence-corrected chi connectivity index (χ1v) is 9.47. The van der Waals surface area contributed by atoms with E-state index in [1.807, 2.05) is 0 Å². The van der Waals surface area contributed by atoms with E-state index in [9.17, 15) is 18.0 Å². The van der Waals surface area contributed by atoms with Gasteiger partial charge in [-0.3, -0.25) is 4.79 Å². The minimum absolute atomic E-state index is 0.0893. The summed E-state index contributed by atoms with van der Waals surface area (Å²) in [6, 6.07) is 7.15. The van der Waals surface area contributed by atoms with Gasteiger partial charge in [-0.15, -0.1) is 0 Å². The van der Waals surface area contributed by atoms with E-state index in [1.54, 1.807) is 12.1 Å². The van der Waals surface area contributed by atoms with Crippen LogP contribution in [0, 0.1) is 0 Å². The molecule has 1 aliphatic heterocycles. The third-order valence-corrected chi connectivity index (χ3v) is 6.15. The van der Waals surface area contributed by atoms with Crippen LogP contribution in [0.2, 0.25) is 5.02 Å². The normalized spacial score (nSPS) is 15.8. The van der Waals surface area contributed by atoms with Crippen LogP contribution in [0.25, 0.3) is 0 Å². The second-order valence-corrected chi connectivity index (χ2v) is 8.03. The molecule has 0 radical (unpaired) electrons. The number of nitrogens with zero attached hydrogens (tertiary/aromatic N) is 2. The highest BCUT2D eigenvalue weighted by Crippen LogP contribution is 2.21. The second kappa shape index (κ2) is 7.10. The van der Waals surface area contributed by atoms with Crippen LogP contribution in [0.5, 0.6) is 0 Å². The minimum atomic E-state index is -3.70. The Bertz CT molecular complexity index is 947. The van der Waals surface area contributed by atoms with Crippen molar-refractivity contribution in [2.24, 2.45) is 0 Å². The van der Waals surface area contributed by atoms with Gasteiger partial charge in [-0.2, -0.15) is 4.31 Å². The molecule has 2 heterocycles. The summed E-state index contributed by atoms with van der Waals surface area (Å²) in [6.45, 7) is 0.573. The lowest BCUT2D eigenvalue weighted by Crippen LogP contribution is -2.50. The topological polar surface area (TPSA) is 108 Å². The Balaban J connectivity index is 1.68. The standard InChI is InChI=1S/C16H15ClN2O6S/c17-12-2-1-3-13(9-12)26(23,24)19-6-4-18(5-7-19)15(20)14-8-11(10-25-14)16(21)22/h1-3,8-10H,4-7H2,(H,21,22). The van der Waals surface area contributed by atoms with Crippen LogP contribution in [0.15, 0.2) is 45.9 Å². The summed E-state index contributed by atoms with van der Waals surface area (Å²) in [6.07, 6.45) is 0.995. The van der Waals surface area contributed by atoms with Crippen molar-refractivity contribution in [3.63, 3.8) is 0 Å². The van der Waals surface area contributed by atoms with Crippen molar-refractivity contribution in [2.75, 3.05) is 26.2 Å². The van der Waals surface area contributed by atoms with Gasteiger partial charge >= 0.3 is 5.97 Å². The van der Waals surface area contributed by atoms with Crippen LogP contribution in [0.1, 0.15) is 20.9 Å². The second-order valence-electron chi connectivity index (χ2n) is 5.66. The van der Waals surface area contributed by atoms with Gasteiger partial charge in [-0.05, 0) is 18.2 Å². The molecule has 8 nitrogen and oxygen atoms in total. The van der Waals surface area contributed by atoms with Gasteiger partial charge in [0.1, 0.15) is 6.26 Å². The van der Waals surface area contributed by atoms with Crippen LogP contribution in [0.4, 0.5) is 0 Å². The third kappa shape index (κ3) is 3.59. The van der Waals surface area contributed by atoms with Crippen LogP contribution in [0.3, 0.4) is 0 Å². The molecule has 1 aromatic heterocycles. The molecule has 0 bridgehead atoms. The lowest BCUT2D eigenvalue weighted by molar-refractivity contribution is 0.0664. The molecule has 0 spiro atoms. The summed E-state index contributed by atoms with van der Waals surface area (Å²) in [7, 11) is -3.70. The first kappa shape index (κ1) is 18.4. The molecule has 1 saturated heterocycles. The lowest BCUT2D eigenvalue weighted by atomic mass is 10.2. The number of benzene rings is 1. The number of carbonyl (C=O) groups excluding carboxylic acids is 1. The van der Waals surface area contributed by atoms with Gasteiger partial charge in [-0.25, -0.2) is 13.2 Å². The highest BCUT2D eigenvalue weighted by atomic mass is 35.5. The predicted octanol–water partition coefficient (Wildman–Crippen LogP) is 1.78. The zero-order chi connectivity index (χ0) is 18.9. The van der Waals surface area contributed by atoms with Gasteiger partial charge < -0.3 is 14.4 Å². The maximum atomic E-state index is 12.6. The first-order valence-electron chi connectivity index (χ1n) is 7.66. The van der Waals surface area contributed by atoms with Crippen LogP contribution >= 0.6 is 11.6 Å². The molecular formula is C16H15ClN2O6S. The predicted molar refractivity (Wildman–Crippen MR) is 91.8 cm³/mol. The van der Waals surface area contributed by atoms with E-state index in [4.69, 9.17) is 21.1 Å². The molecule has 1 fully saturated rings. The average Bonchev–Trinajstić information content (AvgIpc) is 3.11. The van der Waals surface area contributed by atoms with Gasteiger partial charge in [0.25, 0.3) is 5.91 Å². The van der Waals surface area contributed by atoms with Crippen molar-refractivity contribution >= 4 is 33.5 Å². The summed E-state index contributed by atoms with van der Waals surface area (Å²) in [4.78, 5) is 24.7. The van der Waals surface area contributed by atoms with Crippen LogP contribution in [-0.4, -0.2) is 60.8 Å². The third-order valence-electron chi connectivity index (χ3n) is 4.02. The van der Waals surface area contributed by atoms with Crippen LogP contribution < -0.4 is 0 Å². The highest BCUT2D eigenvalue weighted by molar-refractivity contribution is 7.89. The molecular weight excluding hydrogens is 384 g/mol. The van der Waals surface area contributed by atoms with E-state index in [1.165, 1.54) is 21.3 Å². The van der Waals surface area contributed by atoms with E-state index in [0.717, 1.165) is 12.3 Å². The molecule has 26 heavy (non-hydrogen) atoms.